The topological polar surface area (TPSA) is 20.2 Å². The molecule has 1 heterocycles. The Kier molecular flexibility index (Phi) is 4.38. The maximum Gasteiger partial charge on any atom is 0.127 e. The van der Waals surface area contributed by atoms with Crippen LogP contribution < -0.4 is 0 Å². The van der Waals surface area contributed by atoms with Crippen LogP contribution in [0.3, 0.4) is 0 Å². The molecule has 0 fully saturated rings. The van der Waals surface area contributed by atoms with E-state index >= 15 is 0 Å². The van der Waals surface area contributed by atoms with Crippen molar-refractivity contribution < 1.29 is 9.50 Å². The fourth-order valence-electron chi connectivity index (χ4n) is 1.95. The molecule has 0 radical (unpaired) electrons. The molecule has 0 saturated heterocycles. The van der Waals surface area contributed by atoms with Crippen molar-refractivity contribution in [3.05, 3.63) is 56.5 Å². The highest BCUT2D eigenvalue weighted by Crippen LogP contribution is 2.30. The van der Waals surface area contributed by atoms with Gasteiger partial charge in [-0.1, -0.05) is 24.6 Å². The normalized spacial score (nSPS) is 12.7. The zero-order valence-electron chi connectivity index (χ0n) is 9.99. The van der Waals surface area contributed by atoms with Crippen LogP contribution >= 0.6 is 22.9 Å². The van der Waals surface area contributed by atoms with Gasteiger partial charge >= 0.3 is 0 Å². The Morgan fingerprint density at radius 3 is 2.83 bits per heavy atom. The van der Waals surface area contributed by atoms with E-state index in [2.05, 4.69) is 0 Å². The molecule has 0 spiro atoms. The summed E-state index contributed by atoms with van der Waals surface area (Å²) in [5, 5.41) is 12.5. The lowest BCUT2D eigenvalue weighted by Gasteiger charge is -2.12. The maximum atomic E-state index is 13.6. The first-order chi connectivity index (χ1) is 8.63. The van der Waals surface area contributed by atoms with E-state index in [-0.39, 0.29) is 12.2 Å². The molecule has 18 heavy (non-hydrogen) atoms. The SMILES string of the molecule is CCc1ccsc1C(O)Cc1c(F)cccc1Cl. The third-order valence-corrected chi connectivity index (χ3v) is 4.34. The molecule has 1 N–H and O–H groups in total. The Labute approximate surface area is 115 Å². The van der Waals surface area contributed by atoms with Crippen LogP contribution in [0.2, 0.25) is 5.02 Å². The first-order valence-corrected chi connectivity index (χ1v) is 7.06. The van der Waals surface area contributed by atoms with Gasteiger partial charge in [-0.15, -0.1) is 11.3 Å². The fraction of sp³-hybridized carbons (Fsp3) is 0.286. The lowest BCUT2D eigenvalue weighted by Crippen LogP contribution is -2.04. The fourth-order valence-corrected chi connectivity index (χ4v) is 3.17. The molecule has 96 valence electrons. The van der Waals surface area contributed by atoms with Gasteiger partial charge in [0.1, 0.15) is 5.82 Å². The molecule has 1 aromatic heterocycles. The van der Waals surface area contributed by atoms with Gasteiger partial charge in [-0.05, 0) is 35.6 Å². The average molecular weight is 285 g/mol. The predicted molar refractivity (Wildman–Crippen MR) is 73.8 cm³/mol. The van der Waals surface area contributed by atoms with Crippen molar-refractivity contribution in [2.45, 2.75) is 25.9 Å². The van der Waals surface area contributed by atoms with E-state index in [9.17, 15) is 9.50 Å². The van der Waals surface area contributed by atoms with Crippen LogP contribution in [0.1, 0.15) is 29.0 Å². The smallest absolute Gasteiger partial charge is 0.127 e. The highest BCUT2D eigenvalue weighted by Gasteiger charge is 2.17. The Morgan fingerprint density at radius 2 is 2.17 bits per heavy atom. The minimum absolute atomic E-state index is 0.207. The highest BCUT2D eigenvalue weighted by atomic mass is 35.5. The van der Waals surface area contributed by atoms with Crippen molar-refractivity contribution >= 4 is 22.9 Å². The first kappa shape index (κ1) is 13.5. The van der Waals surface area contributed by atoms with Crippen LogP contribution in [0, 0.1) is 5.82 Å². The monoisotopic (exact) mass is 284 g/mol. The zero-order valence-corrected chi connectivity index (χ0v) is 11.6. The number of hydrogen-bond donors (Lipinski definition) is 1. The largest absolute Gasteiger partial charge is 0.387 e. The van der Waals surface area contributed by atoms with Crippen molar-refractivity contribution in [2.24, 2.45) is 0 Å². The number of halogens is 2. The summed E-state index contributed by atoms with van der Waals surface area (Å²) in [4.78, 5) is 0.900. The molecule has 0 saturated carbocycles. The average Bonchev–Trinajstić information content (AvgIpc) is 2.82. The molecule has 2 rings (SSSR count). The van der Waals surface area contributed by atoms with Crippen molar-refractivity contribution in [1.29, 1.82) is 0 Å². The van der Waals surface area contributed by atoms with Gasteiger partial charge in [0.15, 0.2) is 0 Å². The minimum Gasteiger partial charge on any atom is -0.387 e. The van der Waals surface area contributed by atoms with Gasteiger partial charge in [-0.3, -0.25) is 0 Å². The van der Waals surface area contributed by atoms with Crippen LogP contribution in [0.5, 0.6) is 0 Å². The maximum absolute atomic E-state index is 13.6. The van der Waals surface area contributed by atoms with E-state index in [0.29, 0.717) is 10.6 Å². The van der Waals surface area contributed by atoms with E-state index in [1.807, 2.05) is 18.4 Å². The zero-order chi connectivity index (χ0) is 13.1. The van der Waals surface area contributed by atoms with E-state index in [4.69, 9.17) is 11.6 Å². The van der Waals surface area contributed by atoms with E-state index < -0.39 is 6.10 Å². The van der Waals surface area contributed by atoms with Gasteiger partial charge in [-0.2, -0.15) is 0 Å². The molecule has 1 atom stereocenters. The molecule has 0 aliphatic heterocycles. The summed E-state index contributed by atoms with van der Waals surface area (Å²) in [7, 11) is 0. The Bertz CT molecular complexity index is 518. The summed E-state index contributed by atoms with van der Waals surface area (Å²) < 4.78 is 13.6. The van der Waals surface area contributed by atoms with Gasteiger partial charge in [0.25, 0.3) is 0 Å². The molecular weight excluding hydrogens is 271 g/mol. The van der Waals surface area contributed by atoms with Gasteiger partial charge in [-0.25, -0.2) is 4.39 Å². The Balaban J connectivity index is 2.24. The number of benzene rings is 1. The van der Waals surface area contributed by atoms with Crippen molar-refractivity contribution in [3.8, 4) is 0 Å². The van der Waals surface area contributed by atoms with Crippen molar-refractivity contribution in [2.75, 3.05) is 0 Å². The second-order valence-electron chi connectivity index (χ2n) is 4.08. The summed E-state index contributed by atoms with van der Waals surface area (Å²) in [5.74, 6) is -0.365. The standard InChI is InChI=1S/C14H14ClFOS/c1-2-9-6-7-18-14(9)13(17)8-10-11(15)4-3-5-12(10)16/h3-7,13,17H,2,8H2,1H3. The molecule has 0 aliphatic rings. The number of aliphatic hydroxyl groups is 1. The van der Waals surface area contributed by atoms with Gasteiger partial charge < -0.3 is 5.11 Å². The number of aryl methyl sites for hydroxylation is 1. The van der Waals surface area contributed by atoms with Crippen LogP contribution in [0.4, 0.5) is 4.39 Å². The number of hydrogen-bond acceptors (Lipinski definition) is 2. The van der Waals surface area contributed by atoms with E-state index in [1.165, 1.54) is 17.4 Å². The number of thiophene rings is 1. The van der Waals surface area contributed by atoms with Crippen molar-refractivity contribution in [1.82, 2.24) is 0 Å². The Morgan fingerprint density at radius 1 is 1.39 bits per heavy atom. The van der Waals surface area contributed by atoms with Crippen LogP contribution in [-0.4, -0.2) is 5.11 Å². The first-order valence-electron chi connectivity index (χ1n) is 5.80. The third kappa shape index (κ3) is 2.74. The molecular formula is C14H14ClFOS. The van der Waals surface area contributed by atoms with E-state index in [1.54, 1.807) is 12.1 Å². The second kappa shape index (κ2) is 5.83. The molecule has 1 unspecified atom stereocenters. The van der Waals surface area contributed by atoms with E-state index in [0.717, 1.165) is 16.9 Å². The molecule has 0 bridgehead atoms. The molecule has 1 nitrogen and oxygen atoms in total. The highest BCUT2D eigenvalue weighted by molar-refractivity contribution is 7.10. The molecule has 1 aromatic carbocycles. The minimum atomic E-state index is -0.700. The third-order valence-electron chi connectivity index (χ3n) is 2.92. The Hall–Kier alpha value is -0.900. The molecule has 0 aliphatic carbocycles. The van der Waals surface area contributed by atoms with Crippen LogP contribution in [-0.2, 0) is 12.8 Å². The second-order valence-corrected chi connectivity index (χ2v) is 5.44. The van der Waals surface area contributed by atoms with Crippen molar-refractivity contribution in [3.63, 3.8) is 0 Å². The summed E-state index contributed by atoms with van der Waals surface area (Å²) in [6.45, 7) is 2.04. The quantitative estimate of drug-likeness (QED) is 0.883. The van der Waals surface area contributed by atoms with Gasteiger partial charge in [0.2, 0.25) is 0 Å². The summed E-state index contributed by atoms with van der Waals surface area (Å²) in [6.07, 6.45) is 0.370. The summed E-state index contributed by atoms with van der Waals surface area (Å²) in [5.41, 5.74) is 1.49. The van der Waals surface area contributed by atoms with Crippen LogP contribution in [0.25, 0.3) is 0 Å². The molecule has 4 heteroatoms. The van der Waals surface area contributed by atoms with Gasteiger partial charge in [0, 0.05) is 21.9 Å². The molecule has 2 aromatic rings. The molecule has 0 amide bonds. The predicted octanol–water partition coefficient (Wildman–Crippen LogP) is 4.38. The lowest BCUT2D eigenvalue weighted by molar-refractivity contribution is 0.180. The van der Waals surface area contributed by atoms with Gasteiger partial charge in [0.05, 0.1) is 6.10 Å². The number of rotatable bonds is 4. The summed E-state index contributed by atoms with van der Waals surface area (Å²) >= 11 is 7.46. The number of aliphatic hydroxyl groups excluding tert-OH is 1. The lowest BCUT2D eigenvalue weighted by atomic mass is 10.0. The van der Waals surface area contributed by atoms with Crippen LogP contribution in [0.15, 0.2) is 29.6 Å². The summed E-state index contributed by atoms with van der Waals surface area (Å²) in [6, 6.07) is 6.56.